The minimum absolute atomic E-state index is 0.0713. The normalized spacial score (nSPS) is 26.3. The van der Waals surface area contributed by atoms with E-state index in [0.29, 0.717) is 30.4 Å². The topological polar surface area (TPSA) is 84.8 Å². The Morgan fingerprint density at radius 1 is 1.23 bits per heavy atom. The third-order valence-electron chi connectivity index (χ3n) is 6.06. The predicted molar refractivity (Wildman–Crippen MR) is 115 cm³/mol. The Balaban J connectivity index is 1.66. The highest BCUT2D eigenvalue weighted by molar-refractivity contribution is 5.97. The largest absolute Gasteiger partial charge is 0.493 e. The maximum atomic E-state index is 11.6. The van der Waals surface area contributed by atoms with Crippen LogP contribution in [0.2, 0.25) is 0 Å². The monoisotopic (exact) mass is 412 g/mol. The number of methoxy groups -OCH3 is 2. The quantitative estimate of drug-likeness (QED) is 0.801. The molecule has 3 unspecified atom stereocenters. The van der Waals surface area contributed by atoms with Gasteiger partial charge >= 0.3 is 0 Å². The highest BCUT2D eigenvalue weighted by Crippen LogP contribution is 2.35. The van der Waals surface area contributed by atoms with Crippen molar-refractivity contribution in [1.82, 2.24) is 10.2 Å². The summed E-state index contributed by atoms with van der Waals surface area (Å²) in [6.45, 7) is 4.62. The molecule has 160 valence electrons. The summed E-state index contributed by atoms with van der Waals surface area (Å²) in [5.41, 5.74) is 1.69. The molecule has 3 aliphatic heterocycles. The number of nitrogens with one attached hydrogen (secondary N) is 1. The third kappa shape index (κ3) is 3.62. The lowest BCUT2D eigenvalue weighted by atomic mass is 9.99. The van der Waals surface area contributed by atoms with Crippen molar-refractivity contribution in [3.05, 3.63) is 29.8 Å². The second-order valence-corrected chi connectivity index (χ2v) is 7.89. The number of carbonyl (C=O) groups excluding carboxylic acids is 1. The minimum Gasteiger partial charge on any atom is -0.493 e. The fourth-order valence-corrected chi connectivity index (χ4v) is 4.13. The molecule has 0 aromatic heterocycles. The Labute approximate surface area is 176 Å². The van der Waals surface area contributed by atoms with Gasteiger partial charge in [-0.25, -0.2) is 4.99 Å². The second-order valence-electron chi connectivity index (χ2n) is 7.89. The summed E-state index contributed by atoms with van der Waals surface area (Å²) in [5, 5.41) is 2.88. The zero-order valence-electron chi connectivity index (χ0n) is 18.0. The van der Waals surface area contributed by atoms with Gasteiger partial charge < -0.3 is 24.4 Å². The number of rotatable bonds is 5. The molecule has 1 aromatic carbocycles. The maximum absolute atomic E-state index is 11.6. The smallest absolute Gasteiger partial charge is 0.220 e. The van der Waals surface area contributed by atoms with Crippen LogP contribution in [0.4, 0.5) is 0 Å². The molecular formula is C22H28N4O4. The van der Waals surface area contributed by atoms with Crippen molar-refractivity contribution >= 4 is 23.3 Å². The second kappa shape index (κ2) is 8.01. The highest BCUT2D eigenvalue weighted by atomic mass is 16.5. The lowest BCUT2D eigenvalue weighted by Crippen LogP contribution is -2.46. The molecule has 4 rings (SSSR count). The van der Waals surface area contributed by atoms with E-state index in [4.69, 9.17) is 24.2 Å². The molecule has 8 nitrogen and oxygen atoms in total. The van der Waals surface area contributed by atoms with Gasteiger partial charge in [0.1, 0.15) is 18.2 Å². The summed E-state index contributed by atoms with van der Waals surface area (Å²) in [6.07, 6.45) is 2.41. The Morgan fingerprint density at radius 2 is 2.00 bits per heavy atom. The predicted octanol–water partition coefficient (Wildman–Crippen LogP) is 2.10. The minimum atomic E-state index is -0.137. The number of benzene rings is 1. The van der Waals surface area contributed by atoms with Crippen molar-refractivity contribution in [2.75, 3.05) is 27.8 Å². The fourth-order valence-electron chi connectivity index (χ4n) is 4.13. The van der Waals surface area contributed by atoms with Crippen LogP contribution in [-0.2, 0) is 9.53 Å². The number of ether oxygens (including phenoxy) is 3. The summed E-state index contributed by atoms with van der Waals surface area (Å²) in [7, 11) is 5.23. The first-order valence-electron chi connectivity index (χ1n) is 10.1. The standard InChI is InChI=1S/C22H28N4O4/c1-12(15-9-20(27)23-11-15)30-22-21-17(24-13(2)26(21)3)10-16(25-22)14-6-7-18(28-4)19(8-14)29-5/h6-8,10,12,15,17,21H,9,11H2,1-5H3,(H,23,27)/t12?,15-,17?,21?/m1/s1. The van der Waals surface area contributed by atoms with Crippen LogP contribution in [-0.4, -0.2) is 68.5 Å². The average molecular weight is 412 g/mol. The van der Waals surface area contributed by atoms with E-state index in [1.165, 1.54) is 0 Å². The molecule has 1 saturated heterocycles. The number of fused-ring (bicyclic) bond motifs is 1. The average Bonchev–Trinajstić information content (AvgIpc) is 3.30. The number of amidine groups is 1. The van der Waals surface area contributed by atoms with Gasteiger partial charge in [-0.2, -0.15) is 0 Å². The fraction of sp³-hybridized carbons (Fsp3) is 0.500. The van der Waals surface area contributed by atoms with E-state index in [0.717, 1.165) is 17.1 Å². The van der Waals surface area contributed by atoms with Crippen LogP contribution in [0.25, 0.3) is 5.70 Å². The summed E-state index contributed by atoms with van der Waals surface area (Å²) in [6, 6.07) is 5.56. The van der Waals surface area contributed by atoms with Gasteiger partial charge in [-0.05, 0) is 38.1 Å². The van der Waals surface area contributed by atoms with Crippen LogP contribution in [0, 0.1) is 5.92 Å². The number of aliphatic imine (C=N–C) groups is 2. The first-order chi connectivity index (χ1) is 14.4. The molecule has 0 radical (unpaired) electrons. The van der Waals surface area contributed by atoms with Crippen LogP contribution in [0.3, 0.4) is 0 Å². The molecule has 1 fully saturated rings. The van der Waals surface area contributed by atoms with Gasteiger partial charge in [0.15, 0.2) is 11.5 Å². The van der Waals surface area contributed by atoms with Crippen molar-refractivity contribution < 1.29 is 19.0 Å². The van der Waals surface area contributed by atoms with E-state index in [-0.39, 0.29) is 30.0 Å². The van der Waals surface area contributed by atoms with E-state index in [9.17, 15) is 4.79 Å². The SMILES string of the molecule is COc1ccc(C2=CC3N=C(C)N(C)C3C(OC(C)[C@H]3CNC(=O)C3)=N2)cc1OC. The first kappa shape index (κ1) is 20.3. The Morgan fingerprint density at radius 3 is 2.67 bits per heavy atom. The lowest BCUT2D eigenvalue weighted by Gasteiger charge is -2.32. The van der Waals surface area contributed by atoms with Gasteiger partial charge in [-0.3, -0.25) is 9.79 Å². The first-order valence-corrected chi connectivity index (χ1v) is 10.1. The van der Waals surface area contributed by atoms with Crippen molar-refractivity contribution in [3.63, 3.8) is 0 Å². The van der Waals surface area contributed by atoms with E-state index in [1.807, 2.05) is 39.1 Å². The molecule has 30 heavy (non-hydrogen) atoms. The summed E-state index contributed by atoms with van der Waals surface area (Å²) >= 11 is 0. The molecule has 0 bridgehead atoms. The van der Waals surface area contributed by atoms with Crippen LogP contribution in [0.1, 0.15) is 25.8 Å². The molecule has 0 spiro atoms. The summed E-state index contributed by atoms with van der Waals surface area (Å²) in [4.78, 5) is 23.4. The van der Waals surface area contributed by atoms with Crippen LogP contribution < -0.4 is 14.8 Å². The molecule has 1 amide bonds. The molecule has 1 aromatic rings. The summed E-state index contributed by atoms with van der Waals surface area (Å²) < 4.78 is 17.2. The molecular weight excluding hydrogens is 384 g/mol. The van der Waals surface area contributed by atoms with Crippen molar-refractivity contribution in [2.45, 2.75) is 38.5 Å². The highest BCUT2D eigenvalue weighted by Gasteiger charge is 2.41. The number of nitrogens with zero attached hydrogens (tertiary/aromatic N) is 3. The van der Waals surface area contributed by atoms with E-state index < -0.39 is 0 Å². The van der Waals surface area contributed by atoms with Crippen molar-refractivity contribution in [1.29, 1.82) is 0 Å². The zero-order chi connectivity index (χ0) is 21.4. The Kier molecular flexibility index (Phi) is 5.40. The van der Waals surface area contributed by atoms with Gasteiger partial charge in [0, 0.05) is 31.5 Å². The molecule has 3 aliphatic rings. The van der Waals surface area contributed by atoms with E-state index in [2.05, 4.69) is 16.3 Å². The van der Waals surface area contributed by atoms with Gasteiger partial charge in [0.25, 0.3) is 0 Å². The van der Waals surface area contributed by atoms with Gasteiger partial charge in [0.05, 0.1) is 25.8 Å². The number of carbonyl (C=O) groups is 1. The number of amides is 1. The maximum Gasteiger partial charge on any atom is 0.220 e. The van der Waals surface area contributed by atoms with Crippen molar-refractivity contribution in [2.24, 2.45) is 15.9 Å². The Hall–Kier alpha value is -3.03. The number of likely N-dealkylation sites (N-methyl/N-ethyl adjacent to an activating group) is 1. The number of hydrogen-bond acceptors (Lipinski definition) is 7. The van der Waals surface area contributed by atoms with Gasteiger partial charge in [0.2, 0.25) is 11.8 Å². The molecule has 8 heteroatoms. The van der Waals surface area contributed by atoms with Crippen LogP contribution >= 0.6 is 0 Å². The number of hydrogen-bond donors (Lipinski definition) is 1. The lowest BCUT2D eigenvalue weighted by molar-refractivity contribution is -0.119. The van der Waals surface area contributed by atoms with Crippen LogP contribution in [0.15, 0.2) is 34.3 Å². The Bertz CT molecular complexity index is 939. The van der Waals surface area contributed by atoms with Gasteiger partial charge in [-0.15, -0.1) is 0 Å². The van der Waals surface area contributed by atoms with Crippen molar-refractivity contribution in [3.8, 4) is 11.5 Å². The van der Waals surface area contributed by atoms with E-state index in [1.54, 1.807) is 14.2 Å². The molecule has 1 N–H and O–H groups in total. The molecule has 3 heterocycles. The van der Waals surface area contributed by atoms with E-state index >= 15 is 0 Å². The zero-order valence-corrected chi connectivity index (χ0v) is 18.0. The van der Waals surface area contributed by atoms with Gasteiger partial charge in [-0.1, -0.05) is 0 Å². The molecule has 0 aliphatic carbocycles. The van der Waals surface area contributed by atoms with Crippen LogP contribution in [0.5, 0.6) is 11.5 Å². The molecule has 0 saturated carbocycles. The third-order valence-corrected chi connectivity index (χ3v) is 6.06. The molecule has 4 atom stereocenters. The summed E-state index contributed by atoms with van der Waals surface area (Å²) in [5.74, 6) is 3.07.